The summed E-state index contributed by atoms with van der Waals surface area (Å²) in [5.74, 6) is 0.444. The molecule has 1 heterocycles. The number of nitrogens with two attached hydrogens (primary N) is 1. The first kappa shape index (κ1) is 12.2. The summed E-state index contributed by atoms with van der Waals surface area (Å²) in [4.78, 5) is 2.12. The first-order chi connectivity index (χ1) is 8.26. The first-order valence-electron chi connectivity index (χ1n) is 6.17. The highest BCUT2D eigenvalue weighted by molar-refractivity contribution is 5.70. The predicted octanol–water partition coefficient (Wildman–Crippen LogP) is 2.04. The number of hydrogen-bond donors (Lipinski definition) is 2. The van der Waals surface area contributed by atoms with Crippen LogP contribution >= 0.6 is 0 Å². The molecule has 0 aromatic heterocycles. The average molecular weight is 237 g/mol. The SMILES string of the molecule is CNc1cccc(F)c1N1CCC(CN)CC1. The molecule has 0 aliphatic carbocycles. The van der Waals surface area contributed by atoms with Crippen molar-refractivity contribution in [2.75, 3.05) is 36.9 Å². The molecule has 0 radical (unpaired) electrons. The van der Waals surface area contributed by atoms with Gasteiger partial charge in [0.1, 0.15) is 5.82 Å². The van der Waals surface area contributed by atoms with E-state index in [0.717, 1.165) is 38.2 Å². The molecule has 0 saturated carbocycles. The minimum Gasteiger partial charge on any atom is -0.386 e. The molecule has 1 aliphatic rings. The third-order valence-corrected chi connectivity index (χ3v) is 3.52. The van der Waals surface area contributed by atoms with Gasteiger partial charge in [0.15, 0.2) is 0 Å². The quantitative estimate of drug-likeness (QED) is 0.845. The Balaban J connectivity index is 2.17. The molecule has 0 spiro atoms. The zero-order valence-corrected chi connectivity index (χ0v) is 10.2. The van der Waals surface area contributed by atoms with Gasteiger partial charge in [-0.1, -0.05) is 6.07 Å². The van der Waals surface area contributed by atoms with Crippen molar-refractivity contribution in [3.8, 4) is 0 Å². The van der Waals surface area contributed by atoms with Gasteiger partial charge in [0.25, 0.3) is 0 Å². The summed E-state index contributed by atoms with van der Waals surface area (Å²) in [5.41, 5.74) is 7.23. The van der Waals surface area contributed by atoms with E-state index in [4.69, 9.17) is 5.73 Å². The topological polar surface area (TPSA) is 41.3 Å². The van der Waals surface area contributed by atoms with Crippen LogP contribution in [0.15, 0.2) is 18.2 Å². The number of hydrogen-bond acceptors (Lipinski definition) is 3. The van der Waals surface area contributed by atoms with Crippen LogP contribution in [0.1, 0.15) is 12.8 Å². The number of benzene rings is 1. The van der Waals surface area contributed by atoms with E-state index in [1.54, 1.807) is 6.07 Å². The molecule has 3 nitrogen and oxygen atoms in total. The lowest BCUT2D eigenvalue weighted by molar-refractivity contribution is 0.412. The highest BCUT2D eigenvalue weighted by Crippen LogP contribution is 2.31. The van der Waals surface area contributed by atoms with Crippen molar-refractivity contribution in [2.24, 2.45) is 11.7 Å². The number of nitrogens with one attached hydrogen (secondary N) is 1. The van der Waals surface area contributed by atoms with E-state index in [1.807, 2.05) is 13.1 Å². The van der Waals surface area contributed by atoms with Crippen LogP contribution in [-0.4, -0.2) is 26.7 Å². The van der Waals surface area contributed by atoms with Gasteiger partial charge in [-0.2, -0.15) is 0 Å². The second-order valence-electron chi connectivity index (χ2n) is 4.55. The largest absolute Gasteiger partial charge is 0.386 e. The lowest BCUT2D eigenvalue weighted by atomic mass is 9.96. The molecular formula is C13H20FN3. The third kappa shape index (κ3) is 2.52. The Hall–Kier alpha value is -1.29. The van der Waals surface area contributed by atoms with Gasteiger partial charge >= 0.3 is 0 Å². The predicted molar refractivity (Wildman–Crippen MR) is 69.9 cm³/mol. The first-order valence-corrected chi connectivity index (χ1v) is 6.17. The highest BCUT2D eigenvalue weighted by Gasteiger charge is 2.22. The summed E-state index contributed by atoms with van der Waals surface area (Å²) in [5, 5.41) is 3.05. The highest BCUT2D eigenvalue weighted by atomic mass is 19.1. The molecule has 0 unspecified atom stereocenters. The number of rotatable bonds is 3. The molecule has 1 fully saturated rings. The molecule has 94 valence electrons. The minimum absolute atomic E-state index is 0.150. The molecule has 3 N–H and O–H groups in total. The Morgan fingerprint density at radius 1 is 1.41 bits per heavy atom. The summed E-state index contributed by atoms with van der Waals surface area (Å²) in [6, 6.07) is 5.16. The van der Waals surface area contributed by atoms with Gasteiger partial charge in [0.05, 0.1) is 11.4 Å². The van der Waals surface area contributed by atoms with E-state index in [9.17, 15) is 4.39 Å². The van der Waals surface area contributed by atoms with Crippen LogP contribution in [0.3, 0.4) is 0 Å². The van der Waals surface area contributed by atoms with Crippen molar-refractivity contribution < 1.29 is 4.39 Å². The molecular weight excluding hydrogens is 217 g/mol. The summed E-state index contributed by atoms with van der Waals surface area (Å²) < 4.78 is 13.9. The van der Waals surface area contributed by atoms with E-state index in [0.29, 0.717) is 11.6 Å². The van der Waals surface area contributed by atoms with Gasteiger partial charge in [-0.25, -0.2) is 4.39 Å². The fourth-order valence-corrected chi connectivity index (χ4v) is 2.43. The monoisotopic (exact) mass is 237 g/mol. The van der Waals surface area contributed by atoms with Crippen LogP contribution in [0.5, 0.6) is 0 Å². The van der Waals surface area contributed by atoms with Crippen LogP contribution in [0, 0.1) is 11.7 Å². The van der Waals surface area contributed by atoms with E-state index in [2.05, 4.69) is 10.2 Å². The van der Waals surface area contributed by atoms with Crippen molar-refractivity contribution in [3.05, 3.63) is 24.0 Å². The van der Waals surface area contributed by atoms with Crippen molar-refractivity contribution in [2.45, 2.75) is 12.8 Å². The van der Waals surface area contributed by atoms with Gasteiger partial charge in [-0.05, 0) is 37.4 Å². The Bertz CT molecular complexity index is 373. The molecule has 1 aromatic carbocycles. The maximum Gasteiger partial charge on any atom is 0.148 e. The van der Waals surface area contributed by atoms with Crippen LogP contribution < -0.4 is 16.0 Å². The number of nitrogens with zero attached hydrogens (tertiary/aromatic N) is 1. The number of anilines is 2. The standard InChI is InChI=1S/C13H20FN3/c1-16-12-4-2-3-11(14)13(12)17-7-5-10(9-15)6-8-17/h2-4,10,16H,5-9,15H2,1H3. The van der Waals surface area contributed by atoms with Crippen LogP contribution in [0.2, 0.25) is 0 Å². The second-order valence-corrected chi connectivity index (χ2v) is 4.55. The summed E-state index contributed by atoms with van der Waals surface area (Å²) in [6.07, 6.45) is 2.10. The van der Waals surface area contributed by atoms with Crippen molar-refractivity contribution >= 4 is 11.4 Å². The zero-order valence-electron chi connectivity index (χ0n) is 10.2. The molecule has 2 rings (SSSR count). The van der Waals surface area contributed by atoms with Crippen molar-refractivity contribution in [1.29, 1.82) is 0 Å². The van der Waals surface area contributed by atoms with E-state index in [-0.39, 0.29) is 5.82 Å². The Labute approximate surface area is 102 Å². The molecule has 4 heteroatoms. The van der Waals surface area contributed by atoms with Crippen LogP contribution in [0.25, 0.3) is 0 Å². The molecule has 1 aliphatic heterocycles. The number of halogens is 1. The lowest BCUT2D eigenvalue weighted by Crippen LogP contribution is -2.36. The molecule has 0 amide bonds. The Morgan fingerprint density at radius 3 is 2.71 bits per heavy atom. The second kappa shape index (κ2) is 5.36. The average Bonchev–Trinajstić information content (AvgIpc) is 2.38. The van der Waals surface area contributed by atoms with Gasteiger partial charge in [0, 0.05) is 20.1 Å². The molecule has 0 atom stereocenters. The number of piperidine rings is 1. The van der Waals surface area contributed by atoms with Gasteiger partial charge in [-0.15, -0.1) is 0 Å². The summed E-state index contributed by atoms with van der Waals surface area (Å²) >= 11 is 0. The van der Waals surface area contributed by atoms with Gasteiger partial charge in [-0.3, -0.25) is 0 Å². The maximum absolute atomic E-state index is 13.9. The number of para-hydroxylation sites is 1. The van der Waals surface area contributed by atoms with Gasteiger partial charge in [0.2, 0.25) is 0 Å². The molecule has 1 saturated heterocycles. The molecule has 0 bridgehead atoms. The molecule has 17 heavy (non-hydrogen) atoms. The van der Waals surface area contributed by atoms with E-state index >= 15 is 0 Å². The zero-order chi connectivity index (χ0) is 12.3. The molecule has 1 aromatic rings. The smallest absolute Gasteiger partial charge is 0.148 e. The van der Waals surface area contributed by atoms with Crippen LogP contribution in [-0.2, 0) is 0 Å². The van der Waals surface area contributed by atoms with Crippen molar-refractivity contribution in [3.63, 3.8) is 0 Å². The summed E-state index contributed by atoms with van der Waals surface area (Å²) in [6.45, 7) is 2.51. The van der Waals surface area contributed by atoms with Gasteiger partial charge < -0.3 is 16.0 Å². The van der Waals surface area contributed by atoms with E-state index < -0.39 is 0 Å². The fourth-order valence-electron chi connectivity index (χ4n) is 2.43. The third-order valence-electron chi connectivity index (χ3n) is 3.52. The Kier molecular flexibility index (Phi) is 3.84. The maximum atomic E-state index is 13.9. The summed E-state index contributed by atoms with van der Waals surface area (Å²) in [7, 11) is 1.82. The normalized spacial score (nSPS) is 17.2. The van der Waals surface area contributed by atoms with Crippen LogP contribution in [0.4, 0.5) is 15.8 Å². The van der Waals surface area contributed by atoms with E-state index in [1.165, 1.54) is 6.07 Å². The lowest BCUT2D eigenvalue weighted by Gasteiger charge is -2.34. The fraction of sp³-hybridized carbons (Fsp3) is 0.538. The minimum atomic E-state index is -0.150. The Morgan fingerprint density at radius 2 is 2.12 bits per heavy atom. The van der Waals surface area contributed by atoms with Crippen molar-refractivity contribution in [1.82, 2.24) is 0 Å².